The molecule has 2 N–H and O–H groups in total. The number of rotatable bonds is 6. The molecule has 2 aromatic rings. The first kappa shape index (κ1) is 18.0. The van der Waals surface area contributed by atoms with E-state index in [2.05, 4.69) is 17.2 Å². The molecule has 4 heteroatoms. The van der Waals surface area contributed by atoms with Gasteiger partial charge in [0.1, 0.15) is 5.52 Å². The zero-order valence-electron chi connectivity index (χ0n) is 12.6. The topological polar surface area (TPSA) is 62.2 Å². The normalized spacial score (nSPS) is 11.7. The van der Waals surface area contributed by atoms with E-state index in [1.807, 2.05) is 13.0 Å². The fraction of sp³-hybridized carbons (Fsp3) is 0.444. The highest BCUT2D eigenvalue weighted by atomic mass is 16.3. The lowest BCUT2D eigenvalue weighted by molar-refractivity contribution is 0.0935. The van der Waals surface area contributed by atoms with Gasteiger partial charge in [0.05, 0.1) is 5.56 Å². The van der Waals surface area contributed by atoms with Crippen LogP contribution in [-0.4, -0.2) is 22.0 Å². The molecule has 0 saturated carbocycles. The molecule has 1 unspecified atom stereocenters. The number of fused-ring (bicyclic) bond motifs is 1. The highest BCUT2D eigenvalue weighted by molar-refractivity contribution is 6.02. The lowest BCUT2D eigenvalue weighted by Crippen LogP contribution is -2.32. The molecule has 0 aliphatic carbocycles. The predicted octanol–water partition coefficient (Wildman–Crippen LogP) is 4.28. The maximum absolute atomic E-state index is 12.3. The van der Waals surface area contributed by atoms with E-state index in [1.54, 1.807) is 24.4 Å². The summed E-state index contributed by atoms with van der Waals surface area (Å²) in [7, 11) is 0. The molecule has 0 fully saturated rings. The van der Waals surface area contributed by atoms with Crippen LogP contribution < -0.4 is 5.32 Å². The van der Waals surface area contributed by atoms with E-state index in [-0.39, 0.29) is 30.7 Å². The van der Waals surface area contributed by atoms with E-state index >= 15 is 0 Å². The Bertz CT molecular complexity index is 626. The Balaban J connectivity index is 0.00000242. The number of aromatic hydroxyl groups is 1. The molecule has 0 aliphatic rings. The molecule has 0 radical (unpaired) electrons. The van der Waals surface area contributed by atoms with Gasteiger partial charge in [-0.25, -0.2) is 0 Å². The minimum atomic E-state index is -0.246. The van der Waals surface area contributed by atoms with Crippen molar-refractivity contribution < 1.29 is 9.90 Å². The number of phenols is 1. The molecule has 1 amide bonds. The van der Waals surface area contributed by atoms with Gasteiger partial charge in [-0.3, -0.25) is 9.78 Å². The third-order valence-corrected chi connectivity index (χ3v) is 3.61. The first-order valence-electron chi connectivity index (χ1n) is 7.51. The van der Waals surface area contributed by atoms with Crippen LogP contribution >= 0.6 is 0 Å². The highest BCUT2D eigenvalue weighted by Gasteiger charge is 2.16. The Labute approximate surface area is 132 Å². The number of carbonyl (C=O) groups is 1. The van der Waals surface area contributed by atoms with Gasteiger partial charge in [0.2, 0.25) is 0 Å². The summed E-state index contributed by atoms with van der Waals surface area (Å²) in [5.74, 6) is -0.296. The van der Waals surface area contributed by atoms with E-state index in [0.29, 0.717) is 5.52 Å². The van der Waals surface area contributed by atoms with Gasteiger partial charge < -0.3 is 10.4 Å². The van der Waals surface area contributed by atoms with E-state index < -0.39 is 0 Å². The quantitative estimate of drug-likeness (QED) is 0.783. The first-order chi connectivity index (χ1) is 10.1. The summed E-state index contributed by atoms with van der Waals surface area (Å²) in [6.07, 6.45) is 6.00. The van der Waals surface area contributed by atoms with Crippen LogP contribution in [0.3, 0.4) is 0 Å². The van der Waals surface area contributed by atoms with E-state index in [0.717, 1.165) is 24.6 Å². The van der Waals surface area contributed by atoms with Crippen LogP contribution in [0.25, 0.3) is 10.9 Å². The summed E-state index contributed by atoms with van der Waals surface area (Å²) >= 11 is 0. The Kier molecular flexibility index (Phi) is 6.83. The SMILES string of the molecule is C.CCCCCC(C)NC(=O)c1ccc2cccnc2c1O. The number of nitrogens with one attached hydrogen (secondary N) is 1. The van der Waals surface area contributed by atoms with Crippen LogP contribution in [0.2, 0.25) is 0 Å². The van der Waals surface area contributed by atoms with Crippen molar-refractivity contribution in [1.82, 2.24) is 10.3 Å². The van der Waals surface area contributed by atoms with Crippen LogP contribution in [-0.2, 0) is 0 Å². The third-order valence-electron chi connectivity index (χ3n) is 3.61. The molecule has 1 aromatic carbocycles. The van der Waals surface area contributed by atoms with Gasteiger partial charge in [-0.1, -0.05) is 45.7 Å². The Morgan fingerprint density at radius 2 is 2.09 bits per heavy atom. The number of aromatic nitrogens is 1. The van der Waals surface area contributed by atoms with E-state index in [9.17, 15) is 9.90 Å². The maximum Gasteiger partial charge on any atom is 0.255 e. The number of carbonyl (C=O) groups excluding carboxylic acids is 1. The zero-order valence-corrected chi connectivity index (χ0v) is 12.6. The molecule has 1 aromatic heterocycles. The zero-order chi connectivity index (χ0) is 15.2. The van der Waals surface area contributed by atoms with Crippen LogP contribution in [0, 0.1) is 0 Å². The van der Waals surface area contributed by atoms with Gasteiger partial charge in [0.15, 0.2) is 5.75 Å². The highest BCUT2D eigenvalue weighted by Crippen LogP contribution is 2.26. The number of unbranched alkanes of at least 4 members (excludes halogenated alkanes) is 2. The number of nitrogens with zero attached hydrogens (tertiary/aromatic N) is 1. The van der Waals surface area contributed by atoms with Gasteiger partial charge in [-0.05, 0) is 25.5 Å². The van der Waals surface area contributed by atoms with Crippen molar-refractivity contribution >= 4 is 16.8 Å². The van der Waals surface area contributed by atoms with Crippen LogP contribution in [0.15, 0.2) is 30.5 Å². The minimum Gasteiger partial charge on any atom is -0.505 e. The molecule has 1 heterocycles. The van der Waals surface area contributed by atoms with Crippen LogP contribution in [0.1, 0.15) is 57.3 Å². The molecule has 0 saturated heterocycles. The number of hydrogen-bond acceptors (Lipinski definition) is 3. The molecule has 120 valence electrons. The summed E-state index contributed by atoms with van der Waals surface area (Å²) in [6.45, 7) is 4.15. The number of benzene rings is 1. The molecule has 0 spiro atoms. The fourth-order valence-corrected chi connectivity index (χ4v) is 2.39. The summed E-state index contributed by atoms with van der Waals surface area (Å²) < 4.78 is 0. The smallest absolute Gasteiger partial charge is 0.255 e. The summed E-state index contributed by atoms with van der Waals surface area (Å²) in [5.41, 5.74) is 0.743. The fourth-order valence-electron chi connectivity index (χ4n) is 2.39. The molecule has 2 rings (SSSR count). The Morgan fingerprint density at radius 3 is 2.82 bits per heavy atom. The Morgan fingerprint density at radius 1 is 1.32 bits per heavy atom. The van der Waals surface area contributed by atoms with Crippen LogP contribution in [0.4, 0.5) is 0 Å². The molecular weight excluding hydrogens is 276 g/mol. The average Bonchev–Trinajstić information content (AvgIpc) is 2.48. The van der Waals surface area contributed by atoms with Crippen molar-refractivity contribution in [1.29, 1.82) is 0 Å². The van der Waals surface area contributed by atoms with E-state index in [4.69, 9.17) is 0 Å². The van der Waals surface area contributed by atoms with Gasteiger partial charge in [-0.2, -0.15) is 0 Å². The van der Waals surface area contributed by atoms with Crippen molar-refractivity contribution in [3.05, 3.63) is 36.0 Å². The standard InChI is InChI=1S/C17H22N2O2.CH4/c1-3-4-5-7-12(2)19-17(21)14-10-9-13-8-6-11-18-15(13)16(14)20;/h6,8-12,20H,3-5,7H2,1-2H3,(H,19,21);1H4. The molecule has 0 bridgehead atoms. The maximum atomic E-state index is 12.3. The second kappa shape index (κ2) is 8.37. The molecule has 1 atom stereocenters. The number of amides is 1. The minimum absolute atomic E-state index is 0. The lowest BCUT2D eigenvalue weighted by Gasteiger charge is -2.14. The van der Waals surface area contributed by atoms with Crippen molar-refractivity contribution in [3.63, 3.8) is 0 Å². The third kappa shape index (κ3) is 4.20. The number of phenolic OH excluding ortho intramolecular Hbond substituents is 1. The van der Waals surface area contributed by atoms with E-state index in [1.165, 1.54) is 6.42 Å². The van der Waals surface area contributed by atoms with Crippen molar-refractivity contribution in [2.24, 2.45) is 0 Å². The Hall–Kier alpha value is -2.10. The second-order valence-electron chi connectivity index (χ2n) is 5.41. The van der Waals surface area contributed by atoms with Crippen molar-refractivity contribution in [3.8, 4) is 5.75 Å². The number of hydrogen-bond donors (Lipinski definition) is 2. The van der Waals surface area contributed by atoms with Crippen molar-refractivity contribution in [2.45, 2.75) is 53.0 Å². The molecule has 4 nitrogen and oxygen atoms in total. The van der Waals surface area contributed by atoms with Gasteiger partial charge >= 0.3 is 0 Å². The van der Waals surface area contributed by atoms with Gasteiger partial charge in [0, 0.05) is 17.6 Å². The monoisotopic (exact) mass is 302 g/mol. The van der Waals surface area contributed by atoms with Crippen LogP contribution in [0.5, 0.6) is 5.75 Å². The molecular formula is C18H26N2O2. The first-order valence-corrected chi connectivity index (χ1v) is 7.51. The molecule has 22 heavy (non-hydrogen) atoms. The van der Waals surface area contributed by atoms with Crippen molar-refractivity contribution in [2.75, 3.05) is 0 Å². The molecule has 0 aliphatic heterocycles. The van der Waals surface area contributed by atoms with Gasteiger partial charge in [0.25, 0.3) is 5.91 Å². The summed E-state index contributed by atoms with van der Waals surface area (Å²) in [6, 6.07) is 7.21. The largest absolute Gasteiger partial charge is 0.505 e. The summed E-state index contributed by atoms with van der Waals surface area (Å²) in [5, 5.41) is 14.0. The lowest BCUT2D eigenvalue weighted by atomic mass is 10.1. The summed E-state index contributed by atoms with van der Waals surface area (Å²) in [4.78, 5) is 16.4. The number of pyridine rings is 1. The van der Waals surface area contributed by atoms with Gasteiger partial charge in [-0.15, -0.1) is 0 Å². The second-order valence-corrected chi connectivity index (χ2v) is 5.41. The average molecular weight is 302 g/mol. The predicted molar refractivity (Wildman–Crippen MR) is 91.2 cm³/mol.